The molecule has 0 N–H and O–H groups in total. The Morgan fingerprint density at radius 2 is 1.88 bits per heavy atom. The number of benzene rings is 1. The third-order valence-corrected chi connectivity index (χ3v) is 8.66. The molecular formula is C30H34N6O4S. The van der Waals surface area contributed by atoms with Crippen LogP contribution in [-0.2, 0) is 21.6 Å². The van der Waals surface area contributed by atoms with Gasteiger partial charge in [0.15, 0.2) is 9.84 Å². The van der Waals surface area contributed by atoms with Crippen LogP contribution < -0.4 is 4.74 Å². The van der Waals surface area contributed by atoms with Crippen LogP contribution in [0.5, 0.6) is 5.88 Å². The van der Waals surface area contributed by atoms with Crippen molar-refractivity contribution in [3.63, 3.8) is 0 Å². The van der Waals surface area contributed by atoms with Crippen LogP contribution in [0.3, 0.4) is 0 Å². The molecule has 5 aromatic rings. The van der Waals surface area contributed by atoms with Crippen LogP contribution in [-0.4, -0.2) is 63.5 Å². The van der Waals surface area contributed by atoms with Crippen molar-refractivity contribution in [2.24, 2.45) is 13.0 Å². The van der Waals surface area contributed by atoms with Gasteiger partial charge in [0, 0.05) is 42.4 Å². The summed E-state index contributed by atoms with van der Waals surface area (Å²) in [5.41, 5.74) is 3.19. The zero-order valence-corrected chi connectivity index (χ0v) is 24.2. The van der Waals surface area contributed by atoms with Crippen molar-refractivity contribution in [2.45, 2.75) is 50.6 Å². The minimum Gasteiger partial charge on any atom is -0.474 e. The second-order valence-electron chi connectivity index (χ2n) is 10.8. The van der Waals surface area contributed by atoms with Gasteiger partial charge in [-0.2, -0.15) is 0 Å². The molecule has 1 atom stereocenters. The Labute approximate surface area is 243 Å². The Bertz CT molecular complexity index is 1950. The molecule has 0 bridgehead atoms. The Morgan fingerprint density at radius 3 is 2.56 bits per heavy atom. The summed E-state index contributed by atoms with van der Waals surface area (Å²) in [7, 11) is -2.14. The first-order valence-corrected chi connectivity index (χ1v) is 15.5. The van der Waals surface area contributed by atoms with E-state index in [9.17, 15) is 8.42 Å². The number of sulfone groups is 1. The summed E-state index contributed by atoms with van der Waals surface area (Å²) >= 11 is 0. The van der Waals surface area contributed by atoms with E-state index in [0.717, 1.165) is 18.4 Å². The Hall–Kier alpha value is -3.83. The van der Waals surface area contributed by atoms with E-state index < -0.39 is 16.7 Å². The average Bonchev–Trinajstić information content (AvgIpc) is 3.52. The minimum absolute atomic E-state index is 0.0570. The predicted octanol–water partition coefficient (Wildman–Crippen LogP) is 4.90. The van der Waals surface area contributed by atoms with E-state index in [-0.39, 0.29) is 34.5 Å². The van der Waals surface area contributed by atoms with E-state index in [2.05, 4.69) is 15.3 Å². The molecule has 6 rings (SSSR count). The van der Waals surface area contributed by atoms with Crippen LogP contribution in [0.1, 0.15) is 48.1 Å². The maximum absolute atomic E-state index is 13.4. The molecule has 1 aliphatic heterocycles. The molecule has 4 aromatic heterocycles. The van der Waals surface area contributed by atoms with Crippen molar-refractivity contribution in [2.75, 3.05) is 19.5 Å². The summed E-state index contributed by atoms with van der Waals surface area (Å²) in [5, 5.41) is 8.44. The van der Waals surface area contributed by atoms with E-state index in [1.165, 1.54) is 17.1 Å². The van der Waals surface area contributed by atoms with Crippen molar-refractivity contribution in [3.05, 3.63) is 60.0 Å². The first-order chi connectivity index (χ1) is 20.9. The average molecular weight is 578 g/mol. The van der Waals surface area contributed by atoms with E-state index in [1.54, 1.807) is 13.2 Å². The molecule has 0 amide bonds. The molecule has 0 saturated carbocycles. The second kappa shape index (κ2) is 10.5. The van der Waals surface area contributed by atoms with Gasteiger partial charge in [-0.3, -0.25) is 4.98 Å². The topological polar surface area (TPSA) is 114 Å². The lowest BCUT2D eigenvalue weighted by molar-refractivity contribution is 0.0552. The molecular weight excluding hydrogens is 540 g/mol. The molecule has 0 radical (unpaired) electrons. The molecule has 10 nitrogen and oxygen atoms in total. The van der Waals surface area contributed by atoms with Crippen molar-refractivity contribution < 1.29 is 22.0 Å². The van der Waals surface area contributed by atoms with Crippen molar-refractivity contribution in [1.29, 1.82) is 0 Å². The lowest BCUT2D eigenvalue weighted by atomic mass is 9.86. The predicted molar refractivity (Wildman–Crippen MR) is 157 cm³/mol. The van der Waals surface area contributed by atoms with Gasteiger partial charge in [0.25, 0.3) is 0 Å². The van der Waals surface area contributed by atoms with Crippen LogP contribution in [0.15, 0.2) is 53.7 Å². The standard InChI is InChI=1S/C30H34N6O4S/c1-18(2)40-30-25-26-23(15-22(16-31-26)27-19(3)33-34-35(27)4)36(29(25)24(17-32-30)41(5,37)38)28(20-9-7-6-8-10-20)21-11-13-39-14-12-21/h6-10,15-18,21,28H,11-14H2,1-5H3/t28-/m1/s1/i3D3. The molecule has 214 valence electrons. The zero-order valence-electron chi connectivity index (χ0n) is 26.4. The Morgan fingerprint density at radius 1 is 1.12 bits per heavy atom. The van der Waals surface area contributed by atoms with E-state index in [1.807, 2.05) is 54.8 Å². The summed E-state index contributed by atoms with van der Waals surface area (Å²) in [6.07, 6.45) is 5.38. The second-order valence-corrected chi connectivity index (χ2v) is 12.8. The van der Waals surface area contributed by atoms with E-state index in [0.29, 0.717) is 46.4 Å². The smallest absolute Gasteiger partial charge is 0.225 e. The van der Waals surface area contributed by atoms with Gasteiger partial charge >= 0.3 is 0 Å². The molecule has 0 aliphatic carbocycles. The molecule has 0 spiro atoms. The maximum atomic E-state index is 13.4. The molecule has 1 fully saturated rings. The first-order valence-electron chi connectivity index (χ1n) is 15.1. The molecule has 5 heterocycles. The largest absolute Gasteiger partial charge is 0.474 e. The number of nitrogens with zero attached hydrogens (tertiary/aromatic N) is 6. The Balaban J connectivity index is 1.79. The van der Waals surface area contributed by atoms with Gasteiger partial charge in [-0.15, -0.1) is 5.10 Å². The van der Waals surface area contributed by atoms with Gasteiger partial charge in [0.2, 0.25) is 5.88 Å². The number of aryl methyl sites for hydroxylation is 2. The number of ether oxygens (including phenoxy) is 2. The fraction of sp³-hybridized carbons (Fsp3) is 0.400. The lowest BCUT2D eigenvalue weighted by Crippen LogP contribution is -2.27. The summed E-state index contributed by atoms with van der Waals surface area (Å²) in [5.74, 6) is 0.371. The SMILES string of the molecule is [2H]C([2H])([2H])c1nnn(C)c1-c1cnc2c3c(OC(C)C)ncc(S(C)(=O)=O)c3n([C@H](c3ccccc3)C3CCOCC3)c2c1. The van der Waals surface area contributed by atoms with Gasteiger partial charge in [-0.05, 0) is 51.1 Å². The monoisotopic (exact) mass is 577 g/mol. The molecule has 0 unspecified atom stereocenters. The van der Waals surface area contributed by atoms with Crippen LogP contribution in [0, 0.1) is 12.8 Å². The Kier molecular flexibility index (Phi) is 6.12. The quantitative estimate of drug-likeness (QED) is 0.269. The van der Waals surface area contributed by atoms with Crippen molar-refractivity contribution in [1.82, 2.24) is 29.5 Å². The highest BCUT2D eigenvalue weighted by atomic mass is 32.2. The highest BCUT2D eigenvalue weighted by Crippen LogP contribution is 2.45. The molecule has 1 saturated heterocycles. The summed E-state index contributed by atoms with van der Waals surface area (Å²) in [4.78, 5) is 9.39. The number of hydrogen-bond donors (Lipinski definition) is 0. The minimum atomic E-state index is -3.77. The maximum Gasteiger partial charge on any atom is 0.225 e. The van der Waals surface area contributed by atoms with Crippen molar-refractivity contribution >= 4 is 31.8 Å². The fourth-order valence-corrected chi connectivity index (χ4v) is 6.66. The molecule has 11 heteroatoms. The number of rotatable bonds is 7. The third kappa shape index (κ3) is 4.87. The van der Waals surface area contributed by atoms with Crippen LogP contribution in [0.25, 0.3) is 33.2 Å². The summed E-state index contributed by atoms with van der Waals surface area (Å²) < 4.78 is 66.3. The summed E-state index contributed by atoms with van der Waals surface area (Å²) in [6, 6.07) is 11.5. The van der Waals surface area contributed by atoms with Gasteiger partial charge in [-0.25, -0.2) is 18.1 Å². The third-order valence-electron chi connectivity index (χ3n) is 7.57. The normalized spacial score (nSPS) is 17.0. The van der Waals surface area contributed by atoms with E-state index >= 15 is 0 Å². The zero-order chi connectivity index (χ0) is 31.4. The molecule has 1 aromatic carbocycles. The van der Waals surface area contributed by atoms with Gasteiger partial charge in [-0.1, -0.05) is 35.5 Å². The molecule has 1 aliphatic rings. The van der Waals surface area contributed by atoms with Crippen LogP contribution >= 0.6 is 0 Å². The van der Waals surface area contributed by atoms with Crippen LogP contribution in [0.4, 0.5) is 0 Å². The van der Waals surface area contributed by atoms with Gasteiger partial charge < -0.3 is 14.0 Å². The number of pyridine rings is 2. The van der Waals surface area contributed by atoms with Crippen molar-refractivity contribution in [3.8, 4) is 17.1 Å². The number of fused-ring (bicyclic) bond motifs is 3. The van der Waals surface area contributed by atoms with Crippen LogP contribution in [0.2, 0.25) is 0 Å². The first kappa shape index (κ1) is 23.8. The highest BCUT2D eigenvalue weighted by Gasteiger charge is 2.34. The molecule has 41 heavy (non-hydrogen) atoms. The van der Waals surface area contributed by atoms with E-state index in [4.69, 9.17) is 18.6 Å². The highest BCUT2D eigenvalue weighted by molar-refractivity contribution is 7.91. The lowest BCUT2D eigenvalue weighted by Gasteiger charge is -2.33. The number of aromatic nitrogens is 6. The number of hydrogen-bond acceptors (Lipinski definition) is 8. The van der Waals surface area contributed by atoms with Gasteiger partial charge in [0.05, 0.1) is 46.2 Å². The fourth-order valence-electron chi connectivity index (χ4n) is 5.87. The summed E-state index contributed by atoms with van der Waals surface area (Å²) in [6.45, 7) is 2.41. The van der Waals surface area contributed by atoms with Gasteiger partial charge in [0.1, 0.15) is 10.4 Å².